The van der Waals surface area contributed by atoms with E-state index in [1.54, 1.807) is 0 Å². The summed E-state index contributed by atoms with van der Waals surface area (Å²) in [5, 5.41) is 8.69. The van der Waals surface area contributed by atoms with Gasteiger partial charge in [-0.15, -0.1) is 0 Å². The van der Waals surface area contributed by atoms with Gasteiger partial charge in [0.15, 0.2) is 0 Å². The second-order valence-corrected chi connectivity index (χ2v) is 7.09. The van der Waals surface area contributed by atoms with Crippen LogP contribution < -0.4 is 0 Å². The zero-order valence-corrected chi connectivity index (χ0v) is 16.1. The molecule has 1 nitrogen and oxygen atoms in total. The lowest BCUT2D eigenvalue weighted by molar-refractivity contribution is 0.717. The fraction of sp³-hybridized carbons (Fsp3) is 0.269. The normalized spacial score (nSPS) is 10.5. The molecule has 0 N–H and O–H groups in total. The van der Waals surface area contributed by atoms with E-state index in [1.165, 1.54) is 59.1 Å². The molecule has 3 aromatic rings. The van der Waals surface area contributed by atoms with Gasteiger partial charge in [0.2, 0.25) is 0 Å². The van der Waals surface area contributed by atoms with E-state index in [9.17, 15) is 0 Å². The van der Waals surface area contributed by atoms with Crippen LogP contribution in [0.4, 0.5) is 0 Å². The van der Waals surface area contributed by atoms with Gasteiger partial charge >= 0.3 is 0 Å². The third-order valence-electron chi connectivity index (χ3n) is 5.05. The van der Waals surface area contributed by atoms with Gasteiger partial charge in [0.25, 0.3) is 0 Å². The molecule has 0 aromatic heterocycles. The van der Waals surface area contributed by atoms with E-state index in [4.69, 9.17) is 5.26 Å². The lowest BCUT2D eigenvalue weighted by Gasteiger charge is -2.07. The van der Waals surface area contributed by atoms with Gasteiger partial charge in [-0.1, -0.05) is 92.6 Å². The van der Waals surface area contributed by atoms with Crippen molar-refractivity contribution < 1.29 is 0 Å². The lowest BCUT2D eigenvalue weighted by atomic mass is 9.98. The van der Waals surface area contributed by atoms with Gasteiger partial charge in [-0.05, 0) is 52.6 Å². The molecule has 0 aliphatic heterocycles. The predicted molar refractivity (Wildman–Crippen MR) is 114 cm³/mol. The van der Waals surface area contributed by atoms with Crippen molar-refractivity contribution in [1.82, 2.24) is 0 Å². The summed E-state index contributed by atoms with van der Waals surface area (Å²) in [4.78, 5) is 0. The van der Waals surface area contributed by atoms with Crippen molar-refractivity contribution in [3.8, 4) is 28.3 Å². The monoisotopic (exact) mass is 353 g/mol. The highest BCUT2D eigenvalue weighted by molar-refractivity contribution is 5.70. The van der Waals surface area contributed by atoms with Crippen LogP contribution in [0.15, 0.2) is 72.8 Å². The molecule has 1 heteroatoms. The number of nitriles is 1. The van der Waals surface area contributed by atoms with Gasteiger partial charge in [-0.25, -0.2) is 0 Å². The Bertz CT molecular complexity index is 865. The van der Waals surface area contributed by atoms with Crippen LogP contribution in [0.3, 0.4) is 0 Å². The number of hydrogen-bond donors (Lipinski definition) is 0. The Morgan fingerprint density at radius 3 is 1.41 bits per heavy atom. The topological polar surface area (TPSA) is 23.8 Å². The first-order valence-corrected chi connectivity index (χ1v) is 9.96. The van der Waals surface area contributed by atoms with Gasteiger partial charge in [0.1, 0.15) is 0 Å². The first kappa shape index (κ1) is 18.9. The van der Waals surface area contributed by atoms with Gasteiger partial charge in [-0.2, -0.15) is 5.26 Å². The Labute approximate surface area is 163 Å². The molecule has 0 fully saturated rings. The maximum atomic E-state index is 8.69. The summed E-state index contributed by atoms with van der Waals surface area (Å²) in [6.45, 7) is 2.25. The Kier molecular flexibility index (Phi) is 6.83. The average Bonchev–Trinajstić information content (AvgIpc) is 2.73. The largest absolute Gasteiger partial charge is 0.198 e. The van der Waals surface area contributed by atoms with Crippen molar-refractivity contribution in [2.24, 2.45) is 0 Å². The maximum Gasteiger partial charge on any atom is 0.0625 e. The molecule has 136 valence electrons. The minimum absolute atomic E-state index is 0.575. The van der Waals surface area contributed by atoms with E-state index in [0.717, 1.165) is 6.42 Å². The second-order valence-electron chi connectivity index (χ2n) is 7.09. The quantitative estimate of drug-likeness (QED) is 0.392. The molecular formula is C26H27N. The molecule has 0 amide bonds. The molecule has 0 radical (unpaired) electrons. The summed E-state index contributed by atoms with van der Waals surface area (Å²) < 4.78 is 0. The highest BCUT2D eigenvalue weighted by Crippen LogP contribution is 2.26. The molecule has 0 heterocycles. The number of aryl methyl sites for hydroxylation is 2. The van der Waals surface area contributed by atoms with Gasteiger partial charge in [-0.3, -0.25) is 0 Å². The van der Waals surface area contributed by atoms with Crippen LogP contribution in [-0.4, -0.2) is 0 Å². The summed E-state index contributed by atoms with van der Waals surface area (Å²) >= 11 is 0. The fourth-order valence-electron chi connectivity index (χ4n) is 3.36. The van der Waals surface area contributed by atoms with Crippen LogP contribution in [0.25, 0.3) is 22.3 Å². The predicted octanol–water partition coefficient (Wildman–Crippen LogP) is 7.21. The van der Waals surface area contributed by atoms with Crippen molar-refractivity contribution in [2.45, 2.75) is 45.4 Å². The fourth-order valence-corrected chi connectivity index (χ4v) is 3.36. The molecule has 0 bridgehead atoms. The van der Waals surface area contributed by atoms with E-state index in [2.05, 4.69) is 85.8 Å². The summed E-state index contributed by atoms with van der Waals surface area (Å²) in [5.74, 6) is 0. The van der Waals surface area contributed by atoms with Gasteiger partial charge < -0.3 is 0 Å². The van der Waals surface area contributed by atoms with Gasteiger partial charge in [0, 0.05) is 6.42 Å². The van der Waals surface area contributed by atoms with E-state index < -0.39 is 0 Å². The zero-order chi connectivity index (χ0) is 18.9. The Balaban J connectivity index is 1.67. The average molecular weight is 354 g/mol. The molecule has 3 aromatic carbocycles. The third kappa shape index (κ3) is 5.31. The molecule has 0 atom stereocenters. The molecule has 0 saturated carbocycles. The van der Waals surface area contributed by atoms with E-state index in [0.29, 0.717) is 6.42 Å². The summed E-state index contributed by atoms with van der Waals surface area (Å²) in [7, 11) is 0. The summed E-state index contributed by atoms with van der Waals surface area (Å²) in [6.07, 6.45) is 6.43. The smallest absolute Gasteiger partial charge is 0.0625 e. The van der Waals surface area contributed by atoms with Crippen LogP contribution in [0.5, 0.6) is 0 Å². The molecular weight excluding hydrogens is 326 g/mol. The molecule has 0 aliphatic carbocycles. The Morgan fingerprint density at radius 2 is 1.00 bits per heavy atom. The van der Waals surface area contributed by atoms with Crippen molar-refractivity contribution in [1.29, 1.82) is 5.26 Å². The minimum Gasteiger partial charge on any atom is -0.198 e. The first-order valence-electron chi connectivity index (χ1n) is 9.96. The standard InChI is InChI=1S/C26H27N/c1-2-3-4-6-21-8-12-23(13-9-21)25-16-18-26(19-17-25)24-14-10-22(11-15-24)7-5-20-27/h8-19H,2-7H2,1H3. The van der Waals surface area contributed by atoms with Crippen molar-refractivity contribution >= 4 is 0 Å². The van der Waals surface area contributed by atoms with E-state index >= 15 is 0 Å². The molecule has 0 unspecified atom stereocenters. The highest BCUT2D eigenvalue weighted by atomic mass is 14.2. The minimum atomic E-state index is 0.575. The number of nitrogens with zero attached hydrogens (tertiary/aromatic N) is 1. The van der Waals surface area contributed by atoms with Crippen LogP contribution in [0, 0.1) is 11.3 Å². The van der Waals surface area contributed by atoms with E-state index in [-0.39, 0.29) is 0 Å². The van der Waals surface area contributed by atoms with Gasteiger partial charge in [0.05, 0.1) is 6.07 Å². The molecule has 27 heavy (non-hydrogen) atoms. The van der Waals surface area contributed by atoms with Crippen molar-refractivity contribution in [2.75, 3.05) is 0 Å². The first-order chi connectivity index (χ1) is 13.3. The number of hydrogen-bond acceptors (Lipinski definition) is 1. The van der Waals surface area contributed by atoms with Crippen molar-refractivity contribution in [3.63, 3.8) is 0 Å². The molecule has 0 saturated heterocycles. The highest BCUT2D eigenvalue weighted by Gasteiger charge is 2.02. The number of unbranched alkanes of at least 4 members (excludes halogenated alkanes) is 2. The van der Waals surface area contributed by atoms with Crippen LogP contribution in [-0.2, 0) is 12.8 Å². The Hall–Kier alpha value is -2.85. The zero-order valence-electron chi connectivity index (χ0n) is 16.1. The van der Waals surface area contributed by atoms with Crippen LogP contribution >= 0.6 is 0 Å². The summed E-state index contributed by atoms with van der Waals surface area (Å²) in [6, 6.07) is 28.5. The van der Waals surface area contributed by atoms with Crippen LogP contribution in [0.2, 0.25) is 0 Å². The Morgan fingerprint density at radius 1 is 0.593 bits per heavy atom. The summed E-state index contributed by atoms with van der Waals surface area (Å²) in [5.41, 5.74) is 7.61. The third-order valence-corrected chi connectivity index (χ3v) is 5.05. The van der Waals surface area contributed by atoms with Crippen molar-refractivity contribution in [3.05, 3.63) is 83.9 Å². The SMILES string of the molecule is CCCCCc1ccc(-c2ccc(-c3ccc(CCC#N)cc3)cc2)cc1. The number of rotatable bonds is 8. The molecule has 0 aliphatic rings. The molecule has 3 rings (SSSR count). The number of benzene rings is 3. The van der Waals surface area contributed by atoms with Crippen LogP contribution in [0.1, 0.15) is 43.7 Å². The van der Waals surface area contributed by atoms with E-state index in [1.807, 2.05) is 0 Å². The molecule has 0 spiro atoms. The maximum absolute atomic E-state index is 8.69. The lowest BCUT2D eigenvalue weighted by Crippen LogP contribution is -1.86. The second kappa shape index (κ2) is 9.74.